The summed E-state index contributed by atoms with van der Waals surface area (Å²) in [6.07, 6.45) is 2.79. The normalized spacial score (nSPS) is 23.7. The standard InChI is InChI=1S/C17H25ClN2O4/c1-12(2)7-15-17(24-11-23-4,16(21)20(15)10-22-3)9-14-8-13(18)5-6-19-14/h5-6,8,12,15H,7,9-11H2,1-4H3. The molecule has 2 unspecified atom stereocenters. The molecule has 1 aromatic rings. The molecule has 2 rings (SSSR count). The van der Waals surface area contributed by atoms with E-state index in [4.69, 9.17) is 25.8 Å². The molecule has 1 aliphatic heterocycles. The Morgan fingerprint density at radius 1 is 1.38 bits per heavy atom. The van der Waals surface area contributed by atoms with Crippen molar-refractivity contribution in [3.8, 4) is 0 Å². The van der Waals surface area contributed by atoms with Gasteiger partial charge in [0.2, 0.25) is 0 Å². The summed E-state index contributed by atoms with van der Waals surface area (Å²) in [6, 6.07) is 3.37. The molecule has 0 bridgehead atoms. The van der Waals surface area contributed by atoms with Gasteiger partial charge < -0.3 is 19.1 Å². The van der Waals surface area contributed by atoms with Crippen molar-refractivity contribution in [1.82, 2.24) is 9.88 Å². The molecule has 6 nitrogen and oxygen atoms in total. The molecule has 2 heterocycles. The number of hydrogen-bond acceptors (Lipinski definition) is 5. The molecule has 134 valence electrons. The number of aromatic nitrogens is 1. The second-order valence-electron chi connectivity index (χ2n) is 6.42. The number of halogens is 1. The number of likely N-dealkylation sites (tertiary alicyclic amines) is 1. The Hall–Kier alpha value is -1.21. The second kappa shape index (κ2) is 8.25. The van der Waals surface area contributed by atoms with E-state index in [0.29, 0.717) is 17.4 Å². The predicted octanol–water partition coefficient (Wildman–Crippen LogP) is 2.50. The minimum Gasteiger partial charge on any atom is -0.364 e. The van der Waals surface area contributed by atoms with Gasteiger partial charge in [-0.3, -0.25) is 9.78 Å². The summed E-state index contributed by atoms with van der Waals surface area (Å²) in [5, 5.41) is 0.586. The number of β-lactam (4-membered cyclic amide) rings is 1. The molecule has 0 saturated carbocycles. The Labute approximate surface area is 148 Å². The molecule has 2 atom stereocenters. The van der Waals surface area contributed by atoms with Gasteiger partial charge in [0.15, 0.2) is 5.60 Å². The van der Waals surface area contributed by atoms with Crippen LogP contribution >= 0.6 is 11.6 Å². The van der Waals surface area contributed by atoms with Crippen LogP contribution in [0.1, 0.15) is 26.0 Å². The van der Waals surface area contributed by atoms with Gasteiger partial charge in [-0.2, -0.15) is 0 Å². The average molecular weight is 357 g/mol. The lowest BCUT2D eigenvalue weighted by Crippen LogP contribution is -2.76. The number of pyridine rings is 1. The van der Waals surface area contributed by atoms with Crippen LogP contribution in [-0.2, 0) is 25.4 Å². The van der Waals surface area contributed by atoms with E-state index in [9.17, 15) is 4.79 Å². The molecule has 7 heteroatoms. The quantitative estimate of drug-likeness (QED) is 0.502. The molecule has 0 aromatic carbocycles. The minimum atomic E-state index is -0.990. The highest BCUT2D eigenvalue weighted by atomic mass is 35.5. The molecule has 1 saturated heterocycles. The van der Waals surface area contributed by atoms with Gasteiger partial charge in [-0.15, -0.1) is 0 Å². The van der Waals surface area contributed by atoms with Crippen LogP contribution in [-0.4, -0.2) is 55.2 Å². The number of hydrogen-bond donors (Lipinski definition) is 0. The van der Waals surface area contributed by atoms with E-state index >= 15 is 0 Å². The van der Waals surface area contributed by atoms with Crippen molar-refractivity contribution in [2.75, 3.05) is 27.7 Å². The smallest absolute Gasteiger partial charge is 0.259 e. The Balaban J connectivity index is 2.31. The third-order valence-corrected chi connectivity index (χ3v) is 4.39. The fourth-order valence-corrected chi connectivity index (χ4v) is 3.33. The zero-order chi connectivity index (χ0) is 17.7. The first-order valence-corrected chi connectivity index (χ1v) is 8.35. The molecule has 1 amide bonds. The lowest BCUT2D eigenvalue weighted by Gasteiger charge is -2.55. The van der Waals surface area contributed by atoms with Crippen LogP contribution < -0.4 is 0 Å². The highest BCUT2D eigenvalue weighted by Gasteiger charge is 2.61. The van der Waals surface area contributed by atoms with Gasteiger partial charge in [0.25, 0.3) is 5.91 Å². The maximum absolute atomic E-state index is 12.9. The van der Waals surface area contributed by atoms with Gasteiger partial charge in [-0.25, -0.2) is 0 Å². The Bertz CT molecular complexity index is 569. The zero-order valence-corrected chi connectivity index (χ0v) is 15.4. The predicted molar refractivity (Wildman–Crippen MR) is 90.6 cm³/mol. The first-order chi connectivity index (χ1) is 11.4. The van der Waals surface area contributed by atoms with E-state index in [1.54, 1.807) is 37.4 Å². The third kappa shape index (κ3) is 3.88. The summed E-state index contributed by atoms with van der Waals surface area (Å²) in [6.45, 7) is 4.53. The lowest BCUT2D eigenvalue weighted by atomic mass is 9.75. The monoisotopic (exact) mass is 356 g/mol. The van der Waals surface area contributed by atoms with Gasteiger partial charge >= 0.3 is 0 Å². The fourth-order valence-electron chi connectivity index (χ4n) is 3.15. The summed E-state index contributed by atoms with van der Waals surface area (Å²) < 4.78 is 16.1. The number of ether oxygens (including phenoxy) is 3. The molecule has 1 aromatic heterocycles. The SMILES string of the molecule is COCOC1(Cc2cc(Cl)ccn2)C(=O)N(COC)C1CC(C)C. The van der Waals surface area contributed by atoms with E-state index in [1.165, 1.54) is 0 Å². The highest BCUT2D eigenvalue weighted by molar-refractivity contribution is 6.30. The molecule has 1 fully saturated rings. The summed E-state index contributed by atoms with van der Waals surface area (Å²) in [5.41, 5.74) is -0.269. The van der Waals surface area contributed by atoms with Crippen LogP contribution in [0.15, 0.2) is 18.3 Å². The van der Waals surface area contributed by atoms with E-state index < -0.39 is 5.60 Å². The molecular formula is C17H25ClN2O4. The van der Waals surface area contributed by atoms with Gasteiger partial charge in [0.05, 0.1) is 6.04 Å². The van der Waals surface area contributed by atoms with Gasteiger partial charge in [0.1, 0.15) is 13.5 Å². The average Bonchev–Trinajstić information content (AvgIpc) is 2.54. The lowest BCUT2D eigenvalue weighted by molar-refractivity contribution is -0.235. The van der Waals surface area contributed by atoms with Crippen LogP contribution in [0.5, 0.6) is 0 Å². The number of carbonyl (C=O) groups excluding carboxylic acids is 1. The molecule has 1 aliphatic rings. The highest BCUT2D eigenvalue weighted by Crippen LogP contribution is 2.40. The second-order valence-corrected chi connectivity index (χ2v) is 6.86. The fraction of sp³-hybridized carbons (Fsp3) is 0.647. The number of methoxy groups -OCH3 is 2. The molecule has 0 N–H and O–H groups in total. The van der Waals surface area contributed by atoms with Crippen LogP contribution in [0.3, 0.4) is 0 Å². The van der Waals surface area contributed by atoms with Gasteiger partial charge in [-0.05, 0) is 24.5 Å². The summed E-state index contributed by atoms with van der Waals surface area (Å²) in [5.74, 6) is 0.300. The Morgan fingerprint density at radius 3 is 2.71 bits per heavy atom. The number of nitrogens with zero attached hydrogens (tertiary/aromatic N) is 2. The van der Waals surface area contributed by atoms with E-state index in [-0.39, 0.29) is 25.5 Å². The maximum atomic E-state index is 12.9. The Kier molecular flexibility index (Phi) is 6.57. The first-order valence-electron chi connectivity index (χ1n) is 7.98. The van der Waals surface area contributed by atoms with Crippen molar-refractivity contribution in [2.45, 2.75) is 38.3 Å². The Morgan fingerprint density at radius 2 is 2.12 bits per heavy atom. The van der Waals surface area contributed by atoms with E-state index in [1.807, 2.05) is 0 Å². The van der Waals surface area contributed by atoms with Crippen molar-refractivity contribution in [1.29, 1.82) is 0 Å². The molecule has 0 aliphatic carbocycles. The number of carbonyl (C=O) groups is 1. The molecular weight excluding hydrogens is 332 g/mol. The topological polar surface area (TPSA) is 60.9 Å². The third-order valence-electron chi connectivity index (χ3n) is 4.16. The van der Waals surface area contributed by atoms with Crippen LogP contribution in [0.4, 0.5) is 0 Å². The van der Waals surface area contributed by atoms with Gasteiger partial charge in [0, 0.05) is 37.6 Å². The van der Waals surface area contributed by atoms with Crippen molar-refractivity contribution >= 4 is 17.5 Å². The van der Waals surface area contributed by atoms with Crippen molar-refractivity contribution in [2.24, 2.45) is 5.92 Å². The summed E-state index contributed by atoms with van der Waals surface area (Å²) in [4.78, 5) is 18.9. The minimum absolute atomic E-state index is 0.0434. The zero-order valence-electron chi connectivity index (χ0n) is 14.6. The van der Waals surface area contributed by atoms with Crippen molar-refractivity contribution in [3.05, 3.63) is 29.0 Å². The first kappa shape index (κ1) is 19.1. The molecule has 24 heavy (non-hydrogen) atoms. The summed E-state index contributed by atoms with van der Waals surface area (Å²) >= 11 is 6.05. The van der Waals surface area contributed by atoms with E-state index in [0.717, 1.165) is 12.1 Å². The van der Waals surface area contributed by atoms with Crippen LogP contribution in [0, 0.1) is 5.92 Å². The van der Waals surface area contributed by atoms with Crippen LogP contribution in [0.25, 0.3) is 0 Å². The molecule has 0 spiro atoms. The number of amides is 1. The largest absolute Gasteiger partial charge is 0.364 e. The maximum Gasteiger partial charge on any atom is 0.259 e. The van der Waals surface area contributed by atoms with Crippen molar-refractivity contribution in [3.63, 3.8) is 0 Å². The summed E-state index contributed by atoms with van der Waals surface area (Å²) in [7, 11) is 3.12. The van der Waals surface area contributed by atoms with Gasteiger partial charge in [-0.1, -0.05) is 25.4 Å². The van der Waals surface area contributed by atoms with Crippen LogP contribution in [0.2, 0.25) is 5.02 Å². The number of rotatable bonds is 9. The van der Waals surface area contributed by atoms with E-state index in [2.05, 4.69) is 18.8 Å². The van der Waals surface area contributed by atoms with Crippen molar-refractivity contribution < 1.29 is 19.0 Å². The molecule has 0 radical (unpaired) electrons.